The predicted molar refractivity (Wildman–Crippen MR) is 121 cm³/mol. The van der Waals surface area contributed by atoms with Gasteiger partial charge in [0, 0.05) is 18.8 Å². The van der Waals surface area contributed by atoms with Gasteiger partial charge in [0.1, 0.15) is 16.5 Å². The van der Waals surface area contributed by atoms with Crippen molar-refractivity contribution in [2.24, 2.45) is 0 Å². The molecule has 3 aromatic rings. The molecule has 7 heteroatoms. The van der Waals surface area contributed by atoms with Gasteiger partial charge in [0.2, 0.25) is 0 Å². The summed E-state index contributed by atoms with van der Waals surface area (Å²) in [6, 6.07) is 20.3. The molecule has 158 valence electrons. The minimum absolute atomic E-state index is 0.0905. The fourth-order valence-electron chi connectivity index (χ4n) is 3.34. The lowest BCUT2D eigenvalue weighted by molar-refractivity contribution is 0.409. The van der Waals surface area contributed by atoms with Gasteiger partial charge in [0.05, 0.1) is 12.8 Å². The van der Waals surface area contributed by atoms with Gasteiger partial charge in [-0.25, -0.2) is 13.4 Å². The summed E-state index contributed by atoms with van der Waals surface area (Å²) in [5.74, 6) is 1.47. The Morgan fingerprint density at radius 2 is 1.73 bits per heavy atom. The molecule has 1 heterocycles. The summed E-state index contributed by atoms with van der Waals surface area (Å²) in [6.07, 6.45) is 2.16. The van der Waals surface area contributed by atoms with E-state index in [9.17, 15) is 8.42 Å². The third kappa shape index (κ3) is 4.91. The molecule has 1 aromatic heterocycles. The number of pyridine rings is 1. The number of nitrogens with one attached hydrogen (secondary N) is 1. The maximum absolute atomic E-state index is 13.1. The van der Waals surface area contributed by atoms with Crippen LogP contribution in [-0.4, -0.2) is 33.1 Å². The summed E-state index contributed by atoms with van der Waals surface area (Å²) in [7, 11) is -2.02. The van der Waals surface area contributed by atoms with Crippen molar-refractivity contribution in [2.75, 3.05) is 23.3 Å². The molecule has 0 saturated heterocycles. The Balaban J connectivity index is 1.72. The van der Waals surface area contributed by atoms with E-state index < -0.39 is 10.0 Å². The van der Waals surface area contributed by atoms with E-state index in [1.165, 1.54) is 10.5 Å². The third-order valence-corrected chi connectivity index (χ3v) is 6.66. The van der Waals surface area contributed by atoms with Gasteiger partial charge in [-0.3, -0.25) is 4.31 Å². The van der Waals surface area contributed by atoms with E-state index in [-0.39, 0.29) is 10.9 Å². The van der Waals surface area contributed by atoms with Crippen LogP contribution in [0.4, 0.5) is 11.5 Å². The maximum Gasteiger partial charge on any atom is 0.265 e. The van der Waals surface area contributed by atoms with Crippen LogP contribution >= 0.6 is 0 Å². The second kappa shape index (κ2) is 9.63. The fourth-order valence-corrected chi connectivity index (χ4v) is 4.76. The highest BCUT2D eigenvalue weighted by Gasteiger charge is 2.24. The Labute approximate surface area is 178 Å². The Bertz CT molecular complexity index is 1050. The number of nitrogens with zero attached hydrogens (tertiary/aromatic N) is 2. The van der Waals surface area contributed by atoms with E-state index in [0.717, 1.165) is 17.7 Å². The first kappa shape index (κ1) is 21.6. The number of hydrogen-bond acceptors (Lipinski definition) is 5. The number of para-hydroxylation sites is 2. The zero-order valence-corrected chi connectivity index (χ0v) is 18.3. The van der Waals surface area contributed by atoms with Crippen LogP contribution in [0.25, 0.3) is 0 Å². The van der Waals surface area contributed by atoms with Gasteiger partial charge >= 0.3 is 0 Å². The van der Waals surface area contributed by atoms with Crippen molar-refractivity contribution >= 4 is 21.5 Å². The predicted octanol–water partition coefficient (Wildman–Crippen LogP) is 4.35. The van der Waals surface area contributed by atoms with Crippen molar-refractivity contribution < 1.29 is 13.2 Å². The Kier molecular flexibility index (Phi) is 6.95. The van der Waals surface area contributed by atoms with Crippen LogP contribution in [0, 0.1) is 0 Å². The van der Waals surface area contributed by atoms with Crippen molar-refractivity contribution in [1.29, 1.82) is 0 Å². The van der Waals surface area contributed by atoms with Crippen LogP contribution in [0.1, 0.15) is 19.4 Å². The van der Waals surface area contributed by atoms with E-state index in [1.807, 2.05) is 56.3 Å². The van der Waals surface area contributed by atoms with E-state index in [0.29, 0.717) is 18.1 Å². The van der Waals surface area contributed by atoms with Gasteiger partial charge in [-0.1, -0.05) is 36.4 Å². The van der Waals surface area contributed by atoms with Crippen molar-refractivity contribution in [1.82, 2.24) is 4.98 Å². The van der Waals surface area contributed by atoms with Gasteiger partial charge in [-0.2, -0.15) is 0 Å². The summed E-state index contributed by atoms with van der Waals surface area (Å²) in [5, 5.41) is 3.32. The highest BCUT2D eigenvalue weighted by atomic mass is 32.2. The molecule has 30 heavy (non-hydrogen) atoms. The first-order valence-corrected chi connectivity index (χ1v) is 11.3. The standard InChI is InChI=1S/C23H27N3O3S/c1-4-26(20-11-6-5-7-12-20)30(27,28)21-14-15-23(24-17-21)25-18(2)16-19-10-8-9-13-22(19)29-3/h5-15,17-18H,4,16H2,1-3H3,(H,24,25). The number of hydrogen-bond donors (Lipinski definition) is 1. The molecule has 0 spiro atoms. The van der Waals surface area contributed by atoms with Crippen molar-refractivity contribution in [3.63, 3.8) is 0 Å². The zero-order valence-electron chi connectivity index (χ0n) is 17.4. The van der Waals surface area contributed by atoms with Gasteiger partial charge in [-0.05, 0) is 56.2 Å². The minimum atomic E-state index is -3.68. The summed E-state index contributed by atoms with van der Waals surface area (Å²) >= 11 is 0. The SMILES string of the molecule is CCN(c1ccccc1)S(=O)(=O)c1ccc(NC(C)Cc2ccccc2OC)nc1. The molecular weight excluding hydrogens is 398 g/mol. The van der Waals surface area contributed by atoms with Crippen LogP contribution < -0.4 is 14.4 Å². The molecule has 0 saturated carbocycles. The average molecular weight is 426 g/mol. The molecule has 1 N–H and O–H groups in total. The number of methoxy groups -OCH3 is 1. The second-order valence-corrected chi connectivity index (χ2v) is 8.81. The Morgan fingerprint density at radius 1 is 1.03 bits per heavy atom. The molecule has 0 aliphatic heterocycles. The topological polar surface area (TPSA) is 71.5 Å². The maximum atomic E-state index is 13.1. The molecule has 1 atom stereocenters. The molecule has 0 aliphatic rings. The summed E-state index contributed by atoms with van der Waals surface area (Å²) in [4.78, 5) is 4.49. The molecule has 2 aromatic carbocycles. The van der Waals surface area contributed by atoms with Gasteiger partial charge < -0.3 is 10.1 Å². The number of anilines is 2. The third-order valence-electron chi connectivity index (χ3n) is 4.77. The molecule has 0 amide bonds. The van der Waals surface area contributed by atoms with E-state index in [2.05, 4.69) is 10.3 Å². The molecule has 0 aliphatic carbocycles. The number of rotatable bonds is 9. The van der Waals surface area contributed by atoms with Crippen LogP contribution in [0.15, 0.2) is 77.8 Å². The van der Waals surface area contributed by atoms with E-state index in [1.54, 1.807) is 31.4 Å². The first-order valence-electron chi connectivity index (χ1n) is 9.88. The molecule has 6 nitrogen and oxygen atoms in total. The Morgan fingerprint density at radius 3 is 2.37 bits per heavy atom. The molecule has 0 radical (unpaired) electrons. The van der Waals surface area contributed by atoms with Crippen molar-refractivity contribution in [3.05, 3.63) is 78.5 Å². The van der Waals surface area contributed by atoms with Crippen molar-refractivity contribution in [3.8, 4) is 5.75 Å². The lowest BCUT2D eigenvalue weighted by atomic mass is 10.1. The number of aromatic nitrogens is 1. The molecule has 3 rings (SSSR count). The average Bonchev–Trinajstić information content (AvgIpc) is 2.75. The molecule has 0 fully saturated rings. The highest BCUT2D eigenvalue weighted by molar-refractivity contribution is 7.92. The quantitative estimate of drug-likeness (QED) is 0.552. The lowest BCUT2D eigenvalue weighted by Crippen LogP contribution is -2.30. The molecule has 1 unspecified atom stereocenters. The number of sulfonamides is 1. The van der Waals surface area contributed by atoms with Crippen molar-refractivity contribution in [2.45, 2.75) is 31.2 Å². The highest BCUT2D eigenvalue weighted by Crippen LogP contribution is 2.24. The van der Waals surface area contributed by atoms with Gasteiger partial charge in [0.15, 0.2) is 0 Å². The minimum Gasteiger partial charge on any atom is -0.496 e. The molecule has 0 bridgehead atoms. The van der Waals surface area contributed by atoms with Crippen LogP contribution in [0.5, 0.6) is 5.75 Å². The van der Waals surface area contributed by atoms with Crippen LogP contribution in [0.2, 0.25) is 0 Å². The smallest absolute Gasteiger partial charge is 0.265 e. The summed E-state index contributed by atoms with van der Waals surface area (Å²) < 4.78 is 32.9. The lowest BCUT2D eigenvalue weighted by Gasteiger charge is -2.23. The monoisotopic (exact) mass is 425 g/mol. The fraction of sp³-hybridized carbons (Fsp3) is 0.261. The normalized spacial score (nSPS) is 12.2. The van der Waals surface area contributed by atoms with Gasteiger partial charge in [-0.15, -0.1) is 0 Å². The second-order valence-electron chi connectivity index (χ2n) is 6.95. The first-order chi connectivity index (χ1) is 14.5. The number of ether oxygens (including phenoxy) is 1. The zero-order chi connectivity index (χ0) is 21.6. The van der Waals surface area contributed by atoms with E-state index in [4.69, 9.17) is 4.74 Å². The molecular formula is C23H27N3O3S. The number of benzene rings is 2. The Hall–Kier alpha value is -3.06. The largest absolute Gasteiger partial charge is 0.496 e. The van der Waals surface area contributed by atoms with Crippen LogP contribution in [0.3, 0.4) is 0 Å². The van der Waals surface area contributed by atoms with Gasteiger partial charge in [0.25, 0.3) is 10.0 Å². The summed E-state index contributed by atoms with van der Waals surface area (Å²) in [5.41, 5.74) is 1.73. The van der Waals surface area contributed by atoms with Crippen LogP contribution in [-0.2, 0) is 16.4 Å². The van der Waals surface area contributed by atoms with E-state index >= 15 is 0 Å². The summed E-state index contributed by atoms with van der Waals surface area (Å²) in [6.45, 7) is 4.20.